The molecular formula is C12H10N4O4. The fraction of sp³-hybridized carbons (Fsp3) is 0. The van der Waals surface area contributed by atoms with E-state index in [0.717, 1.165) is 6.07 Å². The van der Waals surface area contributed by atoms with E-state index in [1.54, 1.807) is 0 Å². The molecule has 0 spiro atoms. The number of nitro benzene ring substituents is 1. The van der Waals surface area contributed by atoms with Gasteiger partial charge in [0.05, 0.1) is 28.6 Å². The second-order valence-electron chi connectivity index (χ2n) is 3.89. The van der Waals surface area contributed by atoms with E-state index < -0.39 is 16.6 Å². The number of amides is 1. The molecular weight excluding hydrogens is 264 g/mol. The number of nitrogen functional groups attached to an aromatic ring is 1. The number of aromatic nitrogens is 1. The molecule has 4 N–H and O–H groups in total. The molecule has 0 aliphatic carbocycles. The summed E-state index contributed by atoms with van der Waals surface area (Å²) in [5.74, 6) is -0.961. The third-order valence-electron chi connectivity index (χ3n) is 2.46. The molecule has 2 rings (SSSR count). The van der Waals surface area contributed by atoms with Gasteiger partial charge < -0.3 is 16.2 Å². The van der Waals surface area contributed by atoms with Gasteiger partial charge in [-0.25, -0.2) is 4.98 Å². The van der Waals surface area contributed by atoms with Crippen LogP contribution < -0.4 is 11.1 Å². The lowest BCUT2D eigenvalue weighted by Gasteiger charge is -2.06. The molecule has 0 aliphatic heterocycles. The van der Waals surface area contributed by atoms with E-state index in [9.17, 15) is 20.0 Å². The number of non-ortho nitro benzene ring substituents is 1. The maximum Gasteiger partial charge on any atom is 0.274 e. The van der Waals surface area contributed by atoms with E-state index in [2.05, 4.69) is 10.3 Å². The Kier molecular flexibility index (Phi) is 3.47. The van der Waals surface area contributed by atoms with Crippen LogP contribution in [0, 0.1) is 10.1 Å². The van der Waals surface area contributed by atoms with Crippen LogP contribution in [0.25, 0.3) is 0 Å². The third-order valence-corrected chi connectivity index (χ3v) is 2.46. The Morgan fingerprint density at radius 1 is 1.35 bits per heavy atom. The van der Waals surface area contributed by atoms with Gasteiger partial charge in [0, 0.05) is 6.07 Å². The Hall–Kier alpha value is -3.16. The predicted molar refractivity (Wildman–Crippen MR) is 71.4 cm³/mol. The molecule has 0 saturated carbocycles. The minimum absolute atomic E-state index is 0.0548. The molecule has 1 heterocycles. The largest absolute Gasteiger partial charge is 0.506 e. The zero-order valence-corrected chi connectivity index (χ0v) is 10.1. The van der Waals surface area contributed by atoms with Crippen molar-refractivity contribution in [2.45, 2.75) is 0 Å². The maximum absolute atomic E-state index is 11.8. The van der Waals surface area contributed by atoms with Crippen molar-refractivity contribution < 1.29 is 14.8 Å². The van der Waals surface area contributed by atoms with E-state index in [1.807, 2.05) is 0 Å². The van der Waals surface area contributed by atoms with E-state index >= 15 is 0 Å². The lowest BCUT2D eigenvalue weighted by Crippen LogP contribution is -2.13. The van der Waals surface area contributed by atoms with Crippen LogP contribution in [-0.2, 0) is 0 Å². The number of aromatic hydroxyl groups is 1. The summed E-state index contributed by atoms with van der Waals surface area (Å²) in [6, 6.07) is 6.30. The van der Waals surface area contributed by atoms with Gasteiger partial charge in [-0.15, -0.1) is 0 Å². The van der Waals surface area contributed by atoms with Crippen LogP contribution in [0.2, 0.25) is 0 Å². The van der Waals surface area contributed by atoms with Gasteiger partial charge in [0.2, 0.25) is 0 Å². The number of rotatable bonds is 3. The molecule has 0 radical (unpaired) electrons. The number of phenolic OH excluding ortho intramolecular Hbond substituents is 1. The first-order chi connectivity index (χ1) is 9.47. The second kappa shape index (κ2) is 5.22. The predicted octanol–water partition coefficient (Wildman–Crippen LogP) is 1.53. The first-order valence-corrected chi connectivity index (χ1v) is 5.47. The molecule has 0 unspecified atom stereocenters. The van der Waals surface area contributed by atoms with Crippen molar-refractivity contribution >= 4 is 23.0 Å². The second-order valence-corrected chi connectivity index (χ2v) is 3.89. The number of pyridine rings is 1. The number of nitrogens with zero attached hydrogens (tertiary/aromatic N) is 2. The van der Waals surface area contributed by atoms with E-state index in [-0.39, 0.29) is 17.1 Å². The summed E-state index contributed by atoms with van der Waals surface area (Å²) >= 11 is 0. The average molecular weight is 274 g/mol. The zero-order chi connectivity index (χ0) is 14.7. The highest BCUT2D eigenvalue weighted by atomic mass is 16.6. The fourth-order valence-electron chi connectivity index (χ4n) is 1.47. The number of nitrogens with two attached hydrogens (primary N) is 1. The minimum atomic E-state index is -0.646. The van der Waals surface area contributed by atoms with Crippen molar-refractivity contribution in [3.05, 3.63) is 52.3 Å². The number of benzene rings is 1. The summed E-state index contributed by atoms with van der Waals surface area (Å²) in [7, 11) is 0. The standard InChI is InChI=1S/C12H10N4O4/c13-7-1-3-10(14-6-7)12(18)15-9-4-2-8(16(19)20)5-11(9)17/h1-6,17H,13H2,(H,15,18). The smallest absolute Gasteiger partial charge is 0.274 e. The highest BCUT2D eigenvalue weighted by Crippen LogP contribution is 2.28. The number of phenols is 1. The van der Waals surface area contributed by atoms with E-state index in [0.29, 0.717) is 5.69 Å². The van der Waals surface area contributed by atoms with Crippen molar-refractivity contribution in [2.24, 2.45) is 0 Å². The molecule has 0 saturated heterocycles. The molecule has 0 fully saturated rings. The number of carbonyl (C=O) groups is 1. The van der Waals surface area contributed by atoms with Gasteiger partial charge in [-0.3, -0.25) is 14.9 Å². The van der Waals surface area contributed by atoms with E-state index in [1.165, 1.54) is 30.5 Å². The van der Waals surface area contributed by atoms with Crippen LogP contribution in [0.1, 0.15) is 10.5 Å². The normalized spacial score (nSPS) is 10.0. The molecule has 8 heteroatoms. The molecule has 2 aromatic rings. The molecule has 0 atom stereocenters. The number of nitrogens with one attached hydrogen (secondary N) is 1. The summed E-state index contributed by atoms with van der Waals surface area (Å²) < 4.78 is 0. The van der Waals surface area contributed by atoms with Gasteiger partial charge in [0.25, 0.3) is 11.6 Å². The monoisotopic (exact) mass is 274 g/mol. The topological polar surface area (TPSA) is 131 Å². The van der Waals surface area contributed by atoms with Crippen LogP contribution >= 0.6 is 0 Å². The van der Waals surface area contributed by atoms with Crippen LogP contribution in [0.5, 0.6) is 5.75 Å². The number of nitro groups is 1. The molecule has 1 aromatic heterocycles. The maximum atomic E-state index is 11.8. The van der Waals surface area contributed by atoms with Crippen molar-refractivity contribution in [1.29, 1.82) is 0 Å². The molecule has 102 valence electrons. The van der Waals surface area contributed by atoms with Crippen molar-refractivity contribution in [3.8, 4) is 5.75 Å². The van der Waals surface area contributed by atoms with Gasteiger partial charge in [-0.05, 0) is 18.2 Å². The van der Waals surface area contributed by atoms with Crippen molar-refractivity contribution in [2.75, 3.05) is 11.1 Å². The highest BCUT2D eigenvalue weighted by Gasteiger charge is 2.13. The Labute approximate surface area is 113 Å². The molecule has 1 amide bonds. The lowest BCUT2D eigenvalue weighted by atomic mass is 10.2. The third kappa shape index (κ3) is 2.80. The summed E-state index contributed by atoms with van der Waals surface area (Å²) in [4.78, 5) is 25.5. The Morgan fingerprint density at radius 2 is 2.10 bits per heavy atom. The highest BCUT2D eigenvalue weighted by molar-refractivity contribution is 6.03. The van der Waals surface area contributed by atoms with Crippen molar-refractivity contribution in [3.63, 3.8) is 0 Å². The number of hydrogen-bond acceptors (Lipinski definition) is 6. The van der Waals surface area contributed by atoms with Gasteiger partial charge in [0.15, 0.2) is 0 Å². The lowest BCUT2D eigenvalue weighted by molar-refractivity contribution is -0.384. The quantitative estimate of drug-likeness (QED) is 0.441. The molecule has 0 aliphatic rings. The number of carbonyl (C=O) groups excluding carboxylic acids is 1. The van der Waals surface area contributed by atoms with Gasteiger partial charge >= 0.3 is 0 Å². The van der Waals surface area contributed by atoms with Gasteiger partial charge in [-0.2, -0.15) is 0 Å². The molecule has 0 bridgehead atoms. The fourth-order valence-corrected chi connectivity index (χ4v) is 1.47. The van der Waals surface area contributed by atoms with Gasteiger partial charge in [0.1, 0.15) is 11.4 Å². The first-order valence-electron chi connectivity index (χ1n) is 5.47. The Morgan fingerprint density at radius 3 is 2.65 bits per heavy atom. The summed E-state index contributed by atoms with van der Waals surface area (Å²) in [6.45, 7) is 0. The van der Waals surface area contributed by atoms with Crippen LogP contribution in [-0.4, -0.2) is 20.9 Å². The zero-order valence-electron chi connectivity index (χ0n) is 10.1. The van der Waals surface area contributed by atoms with Gasteiger partial charge in [-0.1, -0.05) is 0 Å². The van der Waals surface area contributed by atoms with Crippen LogP contribution in [0.4, 0.5) is 17.1 Å². The first kappa shape index (κ1) is 13.3. The minimum Gasteiger partial charge on any atom is -0.506 e. The Bertz CT molecular complexity index is 670. The number of anilines is 2. The molecule has 20 heavy (non-hydrogen) atoms. The summed E-state index contributed by atoms with van der Waals surface area (Å²) in [5, 5.41) is 22.5. The summed E-state index contributed by atoms with van der Waals surface area (Å²) in [6.07, 6.45) is 1.32. The SMILES string of the molecule is Nc1ccc(C(=O)Nc2ccc([N+](=O)[O-])cc2O)nc1. The summed E-state index contributed by atoms with van der Waals surface area (Å²) in [5.41, 5.74) is 5.76. The van der Waals surface area contributed by atoms with Crippen LogP contribution in [0.15, 0.2) is 36.5 Å². The average Bonchev–Trinajstić information content (AvgIpc) is 2.41. The molecule has 8 nitrogen and oxygen atoms in total. The van der Waals surface area contributed by atoms with Crippen LogP contribution in [0.3, 0.4) is 0 Å². The van der Waals surface area contributed by atoms with Crippen molar-refractivity contribution in [1.82, 2.24) is 4.98 Å². The molecule has 1 aromatic carbocycles. The Balaban J connectivity index is 2.19. The number of hydrogen-bond donors (Lipinski definition) is 3. The van der Waals surface area contributed by atoms with E-state index in [4.69, 9.17) is 5.73 Å².